The number of hydrogen-bond donors (Lipinski definition) is 0. The number of benzene rings is 1. The number of hydrogen-bond acceptors (Lipinski definition) is 5. The second-order valence-electron chi connectivity index (χ2n) is 6.55. The maximum absolute atomic E-state index is 5.50. The summed E-state index contributed by atoms with van der Waals surface area (Å²) >= 11 is 1.70. The van der Waals surface area contributed by atoms with Crippen LogP contribution in [0.4, 0.5) is 0 Å². The molecule has 1 aromatic carbocycles. The van der Waals surface area contributed by atoms with Crippen LogP contribution in [0.5, 0.6) is 0 Å². The predicted molar refractivity (Wildman–Crippen MR) is 91.8 cm³/mol. The van der Waals surface area contributed by atoms with Gasteiger partial charge in [0.1, 0.15) is 17.3 Å². The van der Waals surface area contributed by atoms with Gasteiger partial charge >= 0.3 is 0 Å². The zero-order valence-electron chi connectivity index (χ0n) is 13.3. The van der Waals surface area contributed by atoms with E-state index in [0.29, 0.717) is 12.0 Å². The largest absolute Gasteiger partial charge is 0.360 e. The van der Waals surface area contributed by atoms with E-state index in [1.807, 2.05) is 36.4 Å². The average molecular weight is 338 g/mol. The summed E-state index contributed by atoms with van der Waals surface area (Å²) in [6.45, 7) is 0. The van der Waals surface area contributed by atoms with Crippen molar-refractivity contribution in [3.63, 3.8) is 0 Å². The van der Waals surface area contributed by atoms with E-state index in [4.69, 9.17) is 4.52 Å². The molecule has 0 aliphatic heterocycles. The lowest BCUT2D eigenvalue weighted by Gasteiger charge is -2.06. The molecule has 2 fully saturated rings. The minimum Gasteiger partial charge on any atom is -0.360 e. The molecule has 0 saturated heterocycles. The van der Waals surface area contributed by atoms with Crippen molar-refractivity contribution in [2.24, 2.45) is 0 Å². The Balaban J connectivity index is 1.32. The first-order chi connectivity index (χ1) is 11.9. The first-order valence-corrected chi connectivity index (χ1v) is 9.45. The molecule has 24 heavy (non-hydrogen) atoms. The highest BCUT2D eigenvalue weighted by molar-refractivity contribution is 7.98. The molecule has 0 unspecified atom stereocenters. The quantitative estimate of drug-likeness (QED) is 0.622. The van der Waals surface area contributed by atoms with Crippen LogP contribution >= 0.6 is 11.8 Å². The van der Waals surface area contributed by atoms with E-state index < -0.39 is 0 Å². The molecule has 2 heterocycles. The van der Waals surface area contributed by atoms with E-state index >= 15 is 0 Å². The summed E-state index contributed by atoms with van der Waals surface area (Å²) in [5.74, 6) is 3.44. The van der Waals surface area contributed by atoms with E-state index in [1.165, 1.54) is 31.5 Å². The normalized spacial score (nSPS) is 17.3. The lowest BCUT2D eigenvalue weighted by molar-refractivity contribution is 0.397. The Morgan fingerprint density at radius 1 is 1.08 bits per heavy atom. The summed E-state index contributed by atoms with van der Waals surface area (Å²) in [4.78, 5) is 0. The van der Waals surface area contributed by atoms with Crippen LogP contribution in [0.2, 0.25) is 0 Å². The number of nitrogens with zero attached hydrogens (tertiary/aromatic N) is 4. The molecule has 0 radical (unpaired) electrons. The van der Waals surface area contributed by atoms with Crippen LogP contribution in [-0.4, -0.2) is 19.9 Å². The van der Waals surface area contributed by atoms with Crippen molar-refractivity contribution in [2.45, 2.75) is 48.6 Å². The summed E-state index contributed by atoms with van der Waals surface area (Å²) in [7, 11) is 0. The highest BCUT2D eigenvalue weighted by atomic mass is 32.2. The van der Waals surface area contributed by atoms with Gasteiger partial charge in [-0.15, -0.1) is 10.2 Å². The Morgan fingerprint density at radius 2 is 1.92 bits per heavy atom. The van der Waals surface area contributed by atoms with Gasteiger partial charge in [-0.3, -0.25) is 0 Å². The minimum absolute atomic E-state index is 0.618. The van der Waals surface area contributed by atoms with Gasteiger partial charge in [-0.25, -0.2) is 0 Å². The molecule has 0 atom stereocenters. The van der Waals surface area contributed by atoms with Gasteiger partial charge in [0.2, 0.25) is 0 Å². The second kappa shape index (κ2) is 5.77. The summed E-state index contributed by atoms with van der Waals surface area (Å²) < 4.78 is 7.87. The van der Waals surface area contributed by atoms with Gasteiger partial charge in [-0.1, -0.05) is 47.3 Å². The Morgan fingerprint density at radius 3 is 2.67 bits per heavy atom. The first-order valence-electron chi connectivity index (χ1n) is 8.47. The molecule has 0 N–H and O–H groups in total. The van der Waals surface area contributed by atoms with Crippen LogP contribution in [0.25, 0.3) is 11.3 Å². The van der Waals surface area contributed by atoms with Crippen LogP contribution in [0.1, 0.15) is 49.2 Å². The fourth-order valence-electron chi connectivity index (χ4n) is 2.94. The molecule has 2 aliphatic carbocycles. The van der Waals surface area contributed by atoms with Gasteiger partial charge in [0, 0.05) is 23.6 Å². The average Bonchev–Trinajstić information content (AvgIpc) is 3.55. The van der Waals surface area contributed by atoms with Crippen LogP contribution in [0.3, 0.4) is 0 Å². The van der Waals surface area contributed by atoms with Crippen molar-refractivity contribution in [2.75, 3.05) is 0 Å². The van der Waals surface area contributed by atoms with E-state index in [-0.39, 0.29) is 0 Å². The van der Waals surface area contributed by atoms with Gasteiger partial charge < -0.3 is 9.09 Å². The topological polar surface area (TPSA) is 56.7 Å². The number of rotatable bonds is 6. The summed E-state index contributed by atoms with van der Waals surface area (Å²) in [5.41, 5.74) is 1.96. The Kier molecular flexibility index (Phi) is 3.43. The van der Waals surface area contributed by atoms with Crippen LogP contribution < -0.4 is 0 Å². The summed E-state index contributed by atoms with van der Waals surface area (Å²) in [5, 5.41) is 14.1. The molecule has 2 saturated carbocycles. The minimum atomic E-state index is 0.618. The van der Waals surface area contributed by atoms with E-state index in [9.17, 15) is 0 Å². The van der Waals surface area contributed by atoms with Gasteiger partial charge in [-0.05, 0) is 25.7 Å². The summed E-state index contributed by atoms with van der Waals surface area (Å²) in [6.07, 6.45) is 5.04. The van der Waals surface area contributed by atoms with Gasteiger partial charge in [-0.2, -0.15) is 0 Å². The molecule has 3 aromatic rings. The molecule has 0 spiro atoms. The van der Waals surface area contributed by atoms with Crippen molar-refractivity contribution < 1.29 is 4.52 Å². The Labute approximate surface area is 144 Å². The Hall–Kier alpha value is -2.08. The maximum Gasteiger partial charge on any atom is 0.191 e. The van der Waals surface area contributed by atoms with Crippen molar-refractivity contribution in [3.05, 3.63) is 48.0 Å². The fourth-order valence-corrected chi connectivity index (χ4v) is 3.83. The molecular formula is C18H18N4OS. The van der Waals surface area contributed by atoms with Crippen molar-refractivity contribution >= 4 is 11.8 Å². The van der Waals surface area contributed by atoms with Crippen molar-refractivity contribution in [1.29, 1.82) is 0 Å². The highest BCUT2D eigenvalue weighted by Crippen LogP contribution is 2.46. The van der Waals surface area contributed by atoms with Crippen molar-refractivity contribution in [1.82, 2.24) is 19.9 Å². The standard InChI is InChI=1S/C18H18N4OS/c1-2-4-12(5-3-1)16-10-15(23-21-16)11-24-18-20-19-17(13-6-7-13)22(18)14-8-9-14/h1-5,10,13-14H,6-9,11H2. The third kappa shape index (κ3) is 2.75. The van der Waals surface area contributed by atoms with E-state index in [0.717, 1.165) is 27.9 Å². The molecular weight excluding hydrogens is 320 g/mol. The molecule has 0 bridgehead atoms. The van der Waals surface area contributed by atoms with Gasteiger partial charge in [0.25, 0.3) is 0 Å². The molecule has 2 aromatic heterocycles. The van der Waals surface area contributed by atoms with Crippen molar-refractivity contribution in [3.8, 4) is 11.3 Å². The van der Waals surface area contributed by atoms with Crippen LogP contribution in [0.15, 0.2) is 46.1 Å². The Bertz CT molecular complexity index is 849. The second-order valence-corrected chi connectivity index (χ2v) is 7.49. The van der Waals surface area contributed by atoms with E-state index in [2.05, 4.69) is 19.9 Å². The molecule has 5 nitrogen and oxygen atoms in total. The zero-order chi connectivity index (χ0) is 15.9. The lowest BCUT2D eigenvalue weighted by atomic mass is 10.1. The zero-order valence-corrected chi connectivity index (χ0v) is 14.1. The van der Waals surface area contributed by atoms with Crippen LogP contribution in [0, 0.1) is 0 Å². The maximum atomic E-state index is 5.50. The predicted octanol–water partition coefficient (Wildman–Crippen LogP) is 4.44. The smallest absolute Gasteiger partial charge is 0.191 e. The monoisotopic (exact) mass is 338 g/mol. The number of aromatic nitrogens is 4. The lowest BCUT2D eigenvalue weighted by Crippen LogP contribution is -2.01. The van der Waals surface area contributed by atoms with Gasteiger partial charge in [0.05, 0.1) is 5.75 Å². The third-order valence-electron chi connectivity index (χ3n) is 4.52. The highest BCUT2D eigenvalue weighted by Gasteiger charge is 2.36. The molecule has 122 valence electrons. The van der Waals surface area contributed by atoms with E-state index in [1.54, 1.807) is 11.8 Å². The first kappa shape index (κ1) is 14.3. The number of thioether (sulfide) groups is 1. The molecule has 2 aliphatic rings. The third-order valence-corrected chi connectivity index (χ3v) is 5.48. The molecule has 6 heteroatoms. The van der Waals surface area contributed by atoms with Gasteiger partial charge in [0.15, 0.2) is 5.16 Å². The molecule has 0 amide bonds. The summed E-state index contributed by atoms with van der Waals surface area (Å²) in [6, 6.07) is 12.7. The molecule has 5 rings (SSSR count). The van der Waals surface area contributed by atoms with Crippen LogP contribution in [-0.2, 0) is 5.75 Å². The SMILES string of the molecule is c1ccc(-c2cc(CSc3nnc(C4CC4)n3C3CC3)on2)cc1. The fraction of sp³-hybridized carbons (Fsp3) is 0.389.